The second kappa shape index (κ2) is 5.17. The molecule has 0 aliphatic rings. The van der Waals surface area contributed by atoms with Gasteiger partial charge in [0.05, 0.1) is 17.5 Å². The number of hydrogen-bond donors (Lipinski definition) is 1. The topological polar surface area (TPSA) is 74.0 Å². The molecule has 0 aliphatic carbocycles. The number of alkyl halides is 5. The van der Waals surface area contributed by atoms with Crippen molar-refractivity contribution in [2.24, 2.45) is 0 Å². The Morgan fingerprint density at radius 3 is 2.42 bits per heavy atom. The van der Waals surface area contributed by atoms with Gasteiger partial charge in [0.25, 0.3) is 6.43 Å². The van der Waals surface area contributed by atoms with E-state index in [1.807, 2.05) is 0 Å². The van der Waals surface area contributed by atoms with Crippen molar-refractivity contribution in [1.82, 2.24) is 4.98 Å². The van der Waals surface area contributed by atoms with Gasteiger partial charge in [-0.05, 0) is 5.56 Å². The molecule has 19 heavy (non-hydrogen) atoms. The van der Waals surface area contributed by atoms with Crippen LogP contribution in [0.5, 0.6) is 0 Å². The SMILES string of the molecule is N#Cc1ncc(C(F)(F)F)c(CC(=O)O)c1C(F)F. The van der Waals surface area contributed by atoms with E-state index in [0.717, 1.165) is 0 Å². The molecule has 9 heteroatoms. The molecule has 0 spiro atoms. The molecule has 0 radical (unpaired) electrons. The van der Waals surface area contributed by atoms with Crippen LogP contribution in [0.1, 0.15) is 28.8 Å². The number of carbonyl (C=O) groups is 1. The lowest BCUT2D eigenvalue weighted by Crippen LogP contribution is -2.17. The van der Waals surface area contributed by atoms with Crippen molar-refractivity contribution in [2.45, 2.75) is 19.0 Å². The molecule has 1 rings (SSSR count). The third-order valence-electron chi connectivity index (χ3n) is 2.19. The Morgan fingerprint density at radius 2 is 2.05 bits per heavy atom. The highest BCUT2D eigenvalue weighted by atomic mass is 19.4. The number of nitrogens with zero attached hydrogens (tertiary/aromatic N) is 2. The van der Waals surface area contributed by atoms with Gasteiger partial charge in [-0.15, -0.1) is 0 Å². The van der Waals surface area contributed by atoms with Crippen molar-refractivity contribution in [3.63, 3.8) is 0 Å². The number of aromatic nitrogens is 1. The van der Waals surface area contributed by atoms with Crippen LogP contribution >= 0.6 is 0 Å². The Kier molecular flexibility index (Phi) is 4.04. The number of carboxylic acids is 1. The summed E-state index contributed by atoms with van der Waals surface area (Å²) >= 11 is 0. The molecule has 1 aromatic heterocycles. The molecular formula is C10H5F5N2O2. The number of pyridine rings is 1. The lowest BCUT2D eigenvalue weighted by molar-refractivity contribution is -0.140. The predicted molar refractivity (Wildman–Crippen MR) is 50.3 cm³/mol. The first-order valence-corrected chi connectivity index (χ1v) is 4.67. The van der Waals surface area contributed by atoms with E-state index < -0.39 is 47.4 Å². The van der Waals surface area contributed by atoms with Crippen LogP contribution in [-0.2, 0) is 17.4 Å². The van der Waals surface area contributed by atoms with E-state index in [9.17, 15) is 26.7 Å². The van der Waals surface area contributed by atoms with Crippen molar-refractivity contribution in [1.29, 1.82) is 5.26 Å². The summed E-state index contributed by atoms with van der Waals surface area (Å²) in [6, 6.07) is 1.22. The summed E-state index contributed by atoms with van der Waals surface area (Å²) in [5.41, 5.74) is -4.93. The van der Waals surface area contributed by atoms with Gasteiger partial charge in [0, 0.05) is 6.20 Å². The van der Waals surface area contributed by atoms with Crippen LogP contribution in [0.2, 0.25) is 0 Å². The highest BCUT2D eigenvalue weighted by Gasteiger charge is 2.37. The number of halogens is 5. The normalized spacial score (nSPS) is 11.4. The predicted octanol–water partition coefficient (Wildman–Crippen LogP) is 2.54. The van der Waals surface area contributed by atoms with E-state index in [1.165, 1.54) is 6.07 Å². The van der Waals surface area contributed by atoms with Gasteiger partial charge in [-0.1, -0.05) is 0 Å². The van der Waals surface area contributed by atoms with Crippen molar-refractivity contribution in [3.8, 4) is 6.07 Å². The highest BCUT2D eigenvalue weighted by Crippen LogP contribution is 2.37. The summed E-state index contributed by atoms with van der Waals surface area (Å²) in [4.78, 5) is 13.5. The summed E-state index contributed by atoms with van der Waals surface area (Å²) in [6.07, 6.45) is -9.55. The largest absolute Gasteiger partial charge is 0.481 e. The molecule has 0 aliphatic heterocycles. The third kappa shape index (κ3) is 3.15. The van der Waals surface area contributed by atoms with Crippen LogP contribution < -0.4 is 0 Å². The van der Waals surface area contributed by atoms with Crippen molar-refractivity contribution >= 4 is 5.97 Å². The first kappa shape index (κ1) is 14.8. The highest BCUT2D eigenvalue weighted by molar-refractivity contribution is 5.72. The van der Waals surface area contributed by atoms with Gasteiger partial charge >= 0.3 is 12.1 Å². The Hall–Kier alpha value is -2.24. The van der Waals surface area contributed by atoms with E-state index in [0.29, 0.717) is 0 Å². The van der Waals surface area contributed by atoms with Crippen LogP contribution in [0, 0.1) is 11.3 Å². The van der Waals surface area contributed by atoms with Gasteiger partial charge in [0.1, 0.15) is 11.8 Å². The minimum Gasteiger partial charge on any atom is -0.481 e. The Labute approximate surface area is 103 Å². The Bertz CT molecular complexity index is 548. The zero-order valence-corrected chi connectivity index (χ0v) is 9.00. The molecule has 0 fully saturated rings. The van der Waals surface area contributed by atoms with E-state index >= 15 is 0 Å². The molecule has 1 aromatic rings. The number of rotatable bonds is 3. The third-order valence-corrected chi connectivity index (χ3v) is 2.19. The minimum absolute atomic E-state index is 0.183. The zero-order valence-electron chi connectivity index (χ0n) is 9.00. The first-order valence-electron chi connectivity index (χ1n) is 4.67. The van der Waals surface area contributed by atoms with E-state index in [4.69, 9.17) is 10.4 Å². The Morgan fingerprint density at radius 1 is 1.47 bits per heavy atom. The number of nitriles is 1. The molecule has 4 nitrogen and oxygen atoms in total. The maximum absolute atomic E-state index is 12.7. The van der Waals surface area contributed by atoms with Crippen molar-refractivity contribution < 1.29 is 31.9 Å². The van der Waals surface area contributed by atoms with Gasteiger partial charge in [0.15, 0.2) is 0 Å². The van der Waals surface area contributed by atoms with Crippen molar-refractivity contribution in [3.05, 3.63) is 28.6 Å². The fourth-order valence-electron chi connectivity index (χ4n) is 1.47. The van der Waals surface area contributed by atoms with E-state index in [2.05, 4.69) is 4.98 Å². The van der Waals surface area contributed by atoms with Crippen LogP contribution in [0.25, 0.3) is 0 Å². The second-order valence-electron chi connectivity index (χ2n) is 3.39. The molecule has 0 saturated carbocycles. The monoisotopic (exact) mass is 280 g/mol. The first-order chi connectivity index (χ1) is 8.68. The maximum atomic E-state index is 12.7. The number of carboxylic acid groups (broad SMARTS) is 1. The lowest BCUT2D eigenvalue weighted by Gasteiger charge is -2.15. The minimum atomic E-state index is -5.03. The van der Waals surface area contributed by atoms with Gasteiger partial charge in [-0.3, -0.25) is 4.79 Å². The van der Waals surface area contributed by atoms with Gasteiger partial charge in [-0.2, -0.15) is 18.4 Å². The lowest BCUT2D eigenvalue weighted by atomic mass is 9.98. The maximum Gasteiger partial charge on any atom is 0.418 e. The molecule has 1 heterocycles. The molecule has 0 bridgehead atoms. The standard InChI is InChI=1S/C10H5F5N2O2/c11-9(12)8-4(1-7(18)19)5(10(13,14)15)3-17-6(8)2-16/h3,9H,1H2,(H,18,19). The van der Waals surface area contributed by atoms with E-state index in [1.54, 1.807) is 0 Å². The molecule has 102 valence electrons. The fourth-order valence-corrected chi connectivity index (χ4v) is 1.47. The molecule has 0 atom stereocenters. The summed E-state index contributed by atoms with van der Waals surface area (Å²) in [5.74, 6) is -1.72. The summed E-state index contributed by atoms with van der Waals surface area (Å²) in [5, 5.41) is 17.1. The molecule has 0 aromatic carbocycles. The molecule has 1 N–H and O–H groups in total. The van der Waals surface area contributed by atoms with Crippen LogP contribution in [-0.4, -0.2) is 16.1 Å². The van der Waals surface area contributed by atoms with Crippen molar-refractivity contribution in [2.75, 3.05) is 0 Å². The molecule has 0 unspecified atom stereocenters. The average molecular weight is 280 g/mol. The molecule has 0 amide bonds. The Balaban J connectivity index is 3.65. The quantitative estimate of drug-likeness (QED) is 0.863. The molecule has 0 saturated heterocycles. The van der Waals surface area contributed by atoms with Crippen LogP contribution in [0.3, 0.4) is 0 Å². The van der Waals surface area contributed by atoms with Gasteiger partial charge in [-0.25, -0.2) is 13.8 Å². The summed E-state index contributed by atoms with van der Waals surface area (Å²) < 4.78 is 63.3. The average Bonchev–Trinajstić information content (AvgIpc) is 2.25. The molecular weight excluding hydrogens is 275 g/mol. The number of aliphatic carboxylic acids is 1. The zero-order chi connectivity index (χ0) is 14.8. The van der Waals surface area contributed by atoms with E-state index in [-0.39, 0.29) is 6.20 Å². The van der Waals surface area contributed by atoms with Crippen LogP contribution in [0.15, 0.2) is 6.20 Å². The van der Waals surface area contributed by atoms with Crippen LogP contribution in [0.4, 0.5) is 22.0 Å². The van der Waals surface area contributed by atoms with Gasteiger partial charge in [0.2, 0.25) is 0 Å². The fraction of sp³-hybridized carbons (Fsp3) is 0.300. The number of hydrogen-bond acceptors (Lipinski definition) is 3. The second-order valence-corrected chi connectivity index (χ2v) is 3.39. The summed E-state index contributed by atoms with van der Waals surface area (Å²) in [6.45, 7) is 0. The smallest absolute Gasteiger partial charge is 0.418 e. The van der Waals surface area contributed by atoms with Gasteiger partial charge < -0.3 is 5.11 Å². The summed E-state index contributed by atoms with van der Waals surface area (Å²) in [7, 11) is 0.